The lowest BCUT2D eigenvalue weighted by molar-refractivity contribution is -0.139. The third-order valence-corrected chi connectivity index (χ3v) is 6.03. The van der Waals surface area contributed by atoms with Crippen LogP contribution in [-0.4, -0.2) is 25.5 Å². The van der Waals surface area contributed by atoms with Gasteiger partial charge in [0.2, 0.25) is 0 Å². The Morgan fingerprint density at radius 2 is 1.14 bits per heavy atom. The normalized spacial score (nSPS) is 11.3. The maximum atomic E-state index is 12.5. The summed E-state index contributed by atoms with van der Waals surface area (Å²) in [4.78, 5) is 24.9. The lowest BCUT2D eigenvalue weighted by Crippen LogP contribution is -2.40. The molecule has 0 aromatic heterocycles. The molecule has 0 spiro atoms. The molecule has 0 aliphatic carbocycles. The first-order chi connectivity index (χ1) is 18.2. The van der Waals surface area contributed by atoms with Crippen LogP contribution in [-0.2, 0) is 16.1 Å². The number of benzene rings is 4. The molecule has 0 bridgehead atoms. The summed E-state index contributed by atoms with van der Waals surface area (Å²) in [5.74, 6) is -0.507. The van der Waals surface area contributed by atoms with E-state index in [9.17, 15) is 9.59 Å². The van der Waals surface area contributed by atoms with Crippen molar-refractivity contribution in [3.05, 3.63) is 138 Å². The van der Waals surface area contributed by atoms with Gasteiger partial charge in [0, 0.05) is 13.1 Å². The van der Waals surface area contributed by atoms with Crippen molar-refractivity contribution in [2.45, 2.75) is 13.0 Å². The molecule has 5 heteroatoms. The molecule has 37 heavy (non-hydrogen) atoms. The van der Waals surface area contributed by atoms with E-state index in [4.69, 9.17) is 4.74 Å². The van der Waals surface area contributed by atoms with Crippen molar-refractivity contribution in [1.29, 1.82) is 0 Å². The summed E-state index contributed by atoms with van der Waals surface area (Å²) < 4.78 is 5.36. The molecule has 0 heterocycles. The van der Waals surface area contributed by atoms with Crippen molar-refractivity contribution in [3.8, 4) is 5.75 Å². The highest BCUT2D eigenvalue weighted by Crippen LogP contribution is 2.34. The maximum absolute atomic E-state index is 12.5. The van der Waals surface area contributed by atoms with Gasteiger partial charge < -0.3 is 15.4 Å². The highest BCUT2D eigenvalue weighted by atomic mass is 16.5. The van der Waals surface area contributed by atoms with E-state index in [2.05, 4.69) is 34.9 Å². The van der Waals surface area contributed by atoms with Crippen molar-refractivity contribution in [1.82, 2.24) is 10.6 Å². The smallest absolute Gasteiger partial charge is 0.309 e. The van der Waals surface area contributed by atoms with Crippen molar-refractivity contribution >= 4 is 23.0 Å². The predicted octanol–water partition coefficient (Wildman–Crippen LogP) is 5.48. The van der Waals surface area contributed by atoms with Gasteiger partial charge in [-0.05, 0) is 52.0 Å². The fourth-order valence-corrected chi connectivity index (χ4v) is 4.17. The monoisotopic (exact) mass is 490 g/mol. The van der Waals surface area contributed by atoms with Crippen LogP contribution in [0.4, 0.5) is 0 Å². The van der Waals surface area contributed by atoms with Crippen LogP contribution in [0, 0.1) is 0 Å². The first kappa shape index (κ1) is 25.5. The topological polar surface area (TPSA) is 67.4 Å². The third-order valence-electron chi connectivity index (χ3n) is 6.03. The maximum Gasteiger partial charge on any atom is 0.309 e. The van der Waals surface area contributed by atoms with Crippen molar-refractivity contribution in [2.24, 2.45) is 0 Å². The van der Waals surface area contributed by atoms with Gasteiger partial charge in [-0.1, -0.05) is 103 Å². The lowest BCUT2D eigenvalue weighted by Gasteiger charge is -2.18. The fraction of sp³-hybridized carbons (Fsp3) is 0.125. The van der Waals surface area contributed by atoms with E-state index in [0.717, 1.165) is 39.1 Å². The van der Waals surface area contributed by atoms with Crippen molar-refractivity contribution < 1.29 is 14.3 Å². The Morgan fingerprint density at radius 1 is 0.622 bits per heavy atom. The van der Waals surface area contributed by atoms with Gasteiger partial charge in [-0.25, -0.2) is 0 Å². The summed E-state index contributed by atoms with van der Waals surface area (Å²) in [6.07, 6.45) is 0.540. The van der Waals surface area contributed by atoms with Crippen LogP contribution in [0.25, 0.3) is 11.1 Å². The second-order valence-electron chi connectivity index (χ2n) is 8.49. The third kappa shape index (κ3) is 6.95. The van der Waals surface area contributed by atoms with Crippen LogP contribution in [0.3, 0.4) is 0 Å². The van der Waals surface area contributed by atoms with E-state index in [-0.39, 0.29) is 0 Å². The molecule has 4 aromatic rings. The highest BCUT2D eigenvalue weighted by Gasteiger charge is 2.17. The first-order valence-electron chi connectivity index (χ1n) is 12.2. The Labute approximate surface area is 217 Å². The van der Waals surface area contributed by atoms with E-state index in [1.807, 2.05) is 91.0 Å². The number of amides is 2. The standard InChI is InChI=1S/C32H30N2O3/c1-37-28-19-17-27(18-20-28)30(26-15-9-4-10-16-26)29(25-13-7-3-8-14-25)21-22-33-31(35)32(36)34-23-24-11-5-2-6-12-24/h2-20H,21-23H2,1H3,(H,33,35)(H,34,36)/b30-29-. The summed E-state index contributed by atoms with van der Waals surface area (Å²) in [5, 5.41) is 5.47. The van der Waals surface area contributed by atoms with Crippen LogP contribution in [0.15, 0.2) is 115 Å². The molecule has 0 aliphatic heterocycles. The summed E-state index contributed by atoms with van der Waals surface area (Å²) in [7, 11) is 1.65. The molecule has 0 unspecified atom stereocenters. The molecule has 0 saturated heterocycles. The van der Waals surface area contributed by atoms with Crippen molar-refractivity contribution in [3.63, 3.8) is 0 Å². The fourth-order valence-electron chi connectivity index (χ4n) is 4.17. The van der Waals surface area contributed by atoms with Crippen LogP contribution in [0.2, 0.25) is 0 Å². The van der Waals surface area contributed by atoms with Gasteiger partial charge >= 0.3 is 11.8 Å². The average molecular weight is 491 g/mol. The first-order valence-corrected chi connectivity index (χ1v) is 12.2. The number of rotatable bonds is 9. The molecule has 186 valence electrons. The van der Waals surface area contributed by atoms with E-state index in [1.165, 1.54) is 0 Å². The van der Waals surface area contributed by atoms with Gasteiger partial charge in [-0.3, -0.25) is 9.59 Å². The SMILES string of the molecule is COc1ccc(/C(=C(/CCNC(=O)C(=O)NCc2ccccc2)c2ccccc2)c2ccccc2)cc1. The molecule has 5 nitrogen and oxygen atoms in total. The zero-order chi connectivity index (χ0) is 25.9. The molecular formula is C32H30N2O3. The average Bonchev–Trinajstić information content (AvgIpc) is 2.97. The minimum atomic E-state index is -0.646. The van der Waals surface area contributed by atoms with Crippen LogP contribution < -0.4 is 15.4 Å². The van der Waals surface area contributed by atoms with E-state index in [1.54, 1.807) is 7.11 Å². The minimum Gasteiger partial charge on any atom is -0.497 e. The molecule has 0 radical (unpaired) electrons. The van der Waals surface area contributed by atoms with Crippen molar-refractivity contribution in [2.75, 3.05) is 13.7 Å². The number of methoxy groups -OCH3 is 1. The quantitative estimate of drug-likeness (QED) is 0.241. The van der Waals surface area contributed by atoms with Crippen LogP contribution >= 0.6 is 0 Å². The van der Waals surface area contributed by atoms with Gasteiger partial charge in [0.1, 0.15) is 5.75 Å². The van der Waals surface area contributed by atoms with Gasteiger partial charge in [0.25, 0.3) is 0 Å². The molecule has 0 fully saturated rings. The Morgan fingerprint density at radius 3 is 1.73 bits per heavy atom. The zero-order valence-electron chi connectivity index (χ0n) is 20.8. The summed E-state index contributed by atoms with van der Waals surface area (Å²) in [6.45, 7) is 0.617. The zero-order valence-corrected chi connectivity index (χ0v) is 20.8. The molecular weight excluding hydrogens is 460 g/mol. The molecule has 4 rings (SSSR count). The Bertz CT molecular complexity index is 1330. The van der Waals surface area contributed by atoms with E-state index in [0.29, 0.717) is 19.5 Å². The lowest BCUT2D eigenvalue weighted by atomic mass is 9.88. The summed E-state index contributed by atoms with van der Waals surface area (Å²) >= 11 is 0. The van der Waals surface area contributed by atoms with Crippen LogP contribution in [0.5, 0.6) is 5.75 Å². The Balaban J connectivity index is 1.58. The minimum absolute atomic E-state index is 0.303. The number of ether oxygens (including phenoxy) is 1. The number of nitrogens with one attached hydrogen (secondary N) is 2. The van der Waals surface area contributed by atoms with Crippen LogP contribution in [0.1, 0.15) is 28.7 Å². The molecule has 2 N–H and O–H groups in total. The van der Waals surface area contributed by atoms with Gasteiger partial charge in [0.15, 0.2) is 0 Å². The molecule has 2 amide bonds. The second kappa shape index (κ2) is 12.9. The molecule has 0 aliphatic rings. The van der Waals surface area contributed by atoms with Gasteiger partial charge in [-0.15, -0.1) is 0 Å². The number of hydrogen-bond acceptors (Lipinski definition) is 3. The Hall–Kier alpha value is -4.64. The van der Waals surface area contributed by atoms with Gasteiger partial charge in [-0.2, -0.15) is 0 Å². The number of carbonyl (C=O) groups excluding carboxylic acids is 2. The Kier molecular flexibility index (Phi) is 8.87. The summed E-state index contributed by atoms with van der Waals surface area (Å²) in [6, 6.07) is 37.8. The number of carbonyl (C=O) groups is 2. The largest absolute Gasteiger partial charge is 0.497 e. The second-order valence-corrected chi connectivity index (χ2v) is 8.49. The molecule has 4 aromatic carbocycles. The predicted molar refractivity (Wildman–Crippen MR) is 148 cm³/mol. The van der Waals surface area contributed by atoms with Gasteiger partial charge in [0.05, 0.1) is 7.11 Å². The molecule has 0 atom stereocenters. The van der Waals surface area contributed by atoms with E-state index >= 15 is 0 Å². The molecule has 0 saturated carbocycles. The number of hydrogen-bond donors (Lipinski definition) is 2. The summed E-state index contributed by atoms with van der Waals surface area (Å²) in [5.41, 5.74) is 6.24. The highest BCUT2D eigenvalue weighted by molar-refractivity contribution is 6.35. The van der Waals surface area contributed by atoms with E-state index < -0.39 is 11.8 Å².